The molecule has 6 heteroatoms. The fourth-order valence-corrected chi connectivity index (χ4v) is 5.90. The second kappa shape index (κ2) is 8.22. The number of anilines is 1. The van der Waals surface area contributed by atoms with E-state index < -0.39 is 0 Å². The molecule has 0 N–H and O–H groups in total. The van der Waals surface area contributed by atoms with Crippen molar-refractivity contribution in [2.75, 3.05) is 11.9 Å². The average Bonchev–Trinajstić information content (AvgIpc) is 3.19. The first-order chi connectivity index (χ1) is 14.3. The highest BCUT2D eigenvalue weighted by atomic mass is 32.2. The summed E-state index contributed by atoms with van der Waals surface area (Å²) in [7, 11) is 2.05. The molecule has 0 saturated heterocycles. The molecule has 0 spiro atoms. The van der Waals surface area contributed by atoms with Crippen LogP contribution in [0.4, 0.5) is 5.69 Å². The molecule has 30 heavy (non-hydrogen) atoms. The van der Waals surface area contributed by atoms with Crippen molar-refractivity contribution in [2.45, 2.75) is 81.7 Å². The number of thioether (sulfide) groups is 1. The number of likely N-dealkylation sites (N-methyl/N-ethyl adjacent to an activating group) is 1. The molecule has 0 bridgehead atoms. The van der Waals surface area contributed by atoms with Crippen molar-refractivity contribution in [2.24, 2.45) is 0 Å². The van der Waals surface area contributed by atoms with Crippen LogP contribution in [0.15, 0.2) is 41.2 Å². The standard InChI is InChI=1S/C24H32N4OS/c1-16(30-23-26-25-17(2)28(23)18-11-7-6-8-12-18)21(29)15-22-24(3,4)19-13-9-10-14-20(19)27(22)5/h9-10,13-16,18H,6-8,11-12H2,1-5H3/b22-15+. The van der Waals surface area contributed by atoms with Gasteiger partial charge in [-0.2, -0.15) is 0 Å². The van der Waals surface area contributed by atoms with Crippen molar-refractivity contribution in [3.63, 3.8) is 0 Å². The molecule has 1 aromatic heterocycles. The molecule has 1 aromatic carbocycles. The minimum atomic E-state index is -0.212. The van der Waals surface area contributed by atoms with E-state index in [1.54, 1.807) is 0 Å². The van der Waals surface area contributed by atoms with E-state index >= 15 is 0 Å². The van der Waals surface area contributed by atoms with Crippen molar-refractivity contribution < 1.29 is 4.79 Å². The van der Waals surface area contributed by atoms with Crippen LogP contribution in [-0.4, -0.2) is 32.8 Å². The summed E-state index contributed by atoms with van der Waals surface area (Å²) in [5, 5.41) is 9.40. The van der Waals surface area contributed by atoms with Gasteiger partial charge in [-0.3, -0.25) is 4.79 Å². The molecule has 2 aromatic rings. The normalized spacial score (nSPS) is 21.1. The van der Waals surface area contributed by atoms with Crippen molar-refractivity contribution in [1.82, 2.24) is 14.8 Å². The number of carbonyl (C=O) groups is 1. The molecule has 0 amide bonds. The third kappa shape index (κ3) is 3.70. The quantitative estimate of drug-likeness (QED) is 0.472. The van der Waals surface area contributed by atoms with Crippen LogP contribution >= 0.6 is 11.8 Å². The van der Waals surface area contributed by atoms with Crippen LogP contribution in [0.3, 0.4) is 0 Å². The Morgan fingerprint density at radius 3 is 2.60 bits per heavy atom. The average molecular weight is 425 g/mol. The number of fused-ring (bicyclic) bond motifs is 1. The number of ketones is 1. The van der Waals surface area contributed by atoms with E-state index in [-0.39, 0.29) is 16.4 Å². The predicted molar refractivity (Wildman–Crippen MR) is 123 cm³/mol. The lowest BCUT2D eigenvalue weighted by molar-refractivity contribution is -0.114. The second-order valence-corrected chi connectivity index (χ2v) is 10.4. The number of benzene rings is 1. The number of aryl methyl sites for hydroxylation is 1. The Balaban J connectivity index is 1.54. The molecule has 1 unspecified atom stereocenters. The zero-order valence-electron chi connectivity index (χ0n) is 18.7. The van der Waals surface area contributed by atoms with Gasteiger partial charge in [-0.05, 0) is 38.3 Å². The van der Waals surface area contributed by atoms with Gasteiger partial charge in [0.2, 0.25) is 0 Å². The van der Waals surface area contributed by atoms with E-state index in [0.717, 1.165) is 16.7 Å². The molecule has 160 valence electrons. The maximum Gasteiger partial charge on any atom is 0.192 e. The monoisotopic (exact) mass is 424 g/mol. The summed E-state index contributed by atoms with van der Waals surface area (Å²) in [6.45, 7) is 8.38. The summed E-state index contributed by atoms with van der Waals surface area (Å²) in [6, 6.07) is 8.86. The topological polar surface area (TPSA) is 51.0 Å². The van der Waals surface area contributed by atoms with Gasteiger partial charge in [0.1, 0.15) is 5.82 Å². The molecule has 1 fully saturated rings. The third-order valence-electron chi connectivity index (χ3n) is 6.68. The molecule has 2 heterocycles. The molecular weight excluding hydrogens is 392 g/mol. The first-order valence-electron chi connectivity index (χ1n) is 11.0. The Bertz CT molecular complexity index is 971. The molecule has 1 atom stereocenters. The minimum absolute atomic E-state index is 0.124. The number of hydrogen-bond donors (Lipinski definition) is 0. The van der Waals surface area contributed by atoms with Gasteiger partial charge in [0.15, 0.2) is 10.9 Å². The van der Waals surface area contributed by atoms with Crippen LogP contribution < -0.4 is 4.90 Å². The summed E-state index contributed by atoms with van der Waals surface area (Å²) in [5.74, 6) is 1.08. The smallest absolute Gasteiger partial charge is 0.192 e. The number of allylic oxidation sites excluding steroid dienone is 2. The number of para-hydroxylation sites is 1. The summed E-state index contributed by atoms with van der Waals surface area (Å²) < 4.78 is 2.27. The van der Waals surface area contributed by atoms with Gasteiger partial charge in [-0.25, -0.2) is 0 Å². The van der Waals surface area contributed by atoms with Crippen LogP contribution in [-0.2, 0) is 10.2 Å². The van der Waals surface area contributed by atoms with Crippen LogP contribution in [0.25, 0.3) is 0 Å². The van der Waals surface area contributed by atoms with Crippen molar-refractivity contribution in [1.29, 1.82) is 0 Å². The molecule has 5 nitrogen and oxygen atoms in total. The van der Waals surface area contributed by atoms with Crippen LogP contribution in [0.1, 0.15) is 70.3 Å². The summed E-state index contributed by atoms with van der Waals surface area (Å²) in [6.07, 6.45) is 8.02. The highest BCUT2D eigenvalue weighted by Gasteiger charge is 2.39. The van der Waals surface area contributed by atoms with E-state index in [0.29, 0.717) is 6.04 Å². The van der Waals surface area contributed by atoms with E-state index in [4.69, 9.17) is 0 Å². The third-order valence-corrected chi connectivity index (χ3v) is 7.75. The predicted octanol–water partition coefficient (Wildman–Crippen LogP) is 5.45. The lowest BCUT2D eigenvalue weighted by Gasteiger charge is -2.26. The van der Waals surface area contributed by atoms with E-state index in [2.05, 4.69) is 57.8 Å². The van der Waals surface area contributed by atoms with Crippen LogP contribution in [0.2, 0.25) is 0 Å². The molecule has 4 rings (SSSR count). The molecule has 1 aliphatic carbocycles. The van der Waals surface area contributed by atoms with Crippen LogP contribution in [0, 0.1) is 6.92 Å². The van der Waals surface area contributed by atoms with Crippen molar-refractivity contribution in [3.05, 3.63) is 47.4 Å². The molecule has 2 aliphatic rings. The highest BCUT2D eigenvalue weighted by molar-refractivity contribution is 8.00. The highest BCUT2D eigenvalue weighted by Crippen LogP contribution is 2.46. The minimum Gasteiger partial charge on any atom is -0.347 e. The number of carbonyl (C=O) groups excluding carboxylic acids is 1. The molecule has 1 saturated carbocycles. The van der Waals surface area contributed by atoms with Gasteiger partial charge in [0.25, 0.3) is 0 Å². The Labute approximate surface area is 183 Å². The Kier molecular flexibility index (Phi) is 5.80. The van der Waals surface area contributed by atoms with Gasteiger partial charge >= 0.3 is 0 Å². The molecular formula is C24H32N4OS. The lowest BCUT2D eigenvalue weighted by atomic mass is 9.83. The summed E-state index contributed by atoms with van der Waals surface area (Å²) >= 11 is 1.54. The second-order valence-electron chi connectivity index (χ2n) is 9.08. The van der Waals surface area contributed by atoms with Gasteiger partial charge < -0.3 is 9.47 Å². The van der Waals surface area contributed by atoms with Gasteiger partial charge in [-0.1, -0.05) is 63.1 Å². The summed E-state index contributed by atoms with van der Waals surface area (Å²) in [5.41, 5.74) is 3.30. The number of rotatable bonds is 5. The Hall–Kier alpha value is -2.08. The first-order valence-corrected chi connectivity index (χ1v) is 11.9. The van der Waals surface area contributed by atoms with E-state index in [1.165, 1.54) is 55.1 Å². The van der Waals surface area contributed by atoms with Crippen molar-refractivity contribution in [3.8, 4) is 0 Å². The zero-order chi connectivity index (χ0) is 21.5. The fourth-order valence-electron chi connectivity index (χ4n) is 4.92. The largest absolute Gasteiger partial charge is 0.347 e. The fraction of sp³-hybridized carbons (Fsp3) is 0.542. The SMILES string of the molecule is Cc1nnc(SC(C)C(=O)/C=C2/N(C)c3ccccc3C2(C)C)n1C1CCCCC1. The molecule has 0 radical (unpaired) electrons. The van der Waals surface area contributed by atoms with Gasteiger partial charge in [0, 0.05) is 36.0 Å². The van der Waals surface area contributed by atoms with Gasteiger partial charge in [-0.15, -0.1) is 10.2 Å². The van der Waals surface area contributed by atoms with Crippen LogP contribution in [0.5, 0.6) is 0 Å². The number of nitrogens with zero attached hydrogens (tertiary/aromatic N) is 4. The lowest BCUT2D eigenvalue weighted by Crippen LogP contribution is -2.25. The van der Waals surface area contributed by atoms with Crippen molar-refractivity contribution >= 4 is 23.2 Å². The first kappa shape index (κ1) is 21.2. The number of aromatic nitrogens is 3. The maximum absolute atomic E-state index is 13.2. The van der Waals surface area contributed by atoms with E-state index in [9.17, 15) is 4.79 Å². The summed E-state index contributed by atoms with van der Waals surface area (Å²) in [4.78, 5) is 15.4. The molecule has 1 aliphatic heterocycles. The Morgan fingerprint density at radius 2 is 1.90 bits per heavy atom. The number of hydrogen-bond acceptors (Lipinski definition) is 5. The Morgan fingerprint density at radius 1 is 1.20 bits per heavy atom. The maximum atomic E-state index is 13.2. The van der Waals surface area contributed by atoms with Gasteiger partial charge in [0.05, 0.1) is 5.25 Å². The zero-order valence-corrected chi connectivity index (χ0v) is 19.5. The van der Waals surface area contributed by atoms with E-state index in [1.807, 2.05) is 27.0 Å².